The van der Waals surface area contributed by atoms with Gasteiger partial charge in [0.05, 0.1) is 12.2 Å². The number of dihydropyridines is 1. The van der Waals surface area contributed by atoms with Gasteiger partial charge >= 0.3 is 0 Å². The average Bonchev–Trinajstić information content (AvgIpc) is 2.20. The van der Waals surface area contributed by atoms with E-state index in [1.54, 1.807) is 6.07 Å². The number of halogens is 1. The van der Waals surface area contributed by atoms with Crippen LogP contribution in [0.2, 0.25) is 5.15 Å². The fourth-order valence-electron chi connectivity index (χ4n) is 1.18. The highest BCUT2D eigenvalue weighted by Gasteiger charge is 2.04. The fraction of sp³-hybridized carbons (Fsp3) is 0.222. The van der Waals surface area contributed by atoms with Crippen LogP contribution in [0.4, 0.5) is 0 Å². The lowest BCUT2D eigenvalue weighted by atomic mass is 10.1. The Bertz CT molecular complexity index is 354. The second-order valence-corrected chi connectivity index (χ2v) is 3.11. The number of nitrogens with zero attached hydrogens (tertiary/aromatic N) is 3. The van der Waals surface area contributed by atoms with Crippen molar-refractivity contribution in [2.75, 3.05) is 6.54 Å². The van der Waals surface area contributed by atoms with Crippen LogP contribution in [0.25, 0.3) is 5.57 Å². The lowest BCUT2D eigenvalue weighted by molar-refractivity contribution is 1.00. The minimum absolute atomic E-state index is 0.425. The van der Waals surface area contributed by atoms with Crippen molar-refractivity contribution in [3.63, 3.8) is 0 Å². The summed E-state index contributed by atoms with van der Waals surface area (Å²) < 4.78 is 0. The number of hydrogen-bond acceptors (Lipinski definition) is 3. The van der Waals surface area contributed by atoms with E-state index in [4.69, 9.17) is 11.6 Å². The molecule has 3 nitrogen and oxygen atoms in total. The summed E-state index contributed by atoms with van der Waals surface area (Å²) >= 11 is 5.63. The second kappa shape index (κ2) is 3.66. The van der Waals surface area contributed by atoms with Crippen molar-refractivity contribution < 1.29 is 0 Å². The van der Waals surface area contributed by atoms with Gasteiger partial charge in [0.25, 0.3) is 0 Å². The van der Waals surface area contributed by atoms with E-state index < -0.39 is 0 Å². The van der Waals surface area contributed by atoms with Crippen molar-refractivity contribution in [1.29, 1.82) is 0 Å². The Morgan fingerprint density at radius 1 is 1.23 bits per heavy atom. The summed E-state index contributed by atoms with van der Waals surface area (Å²) in [7, 11) is 0. The zero-order valence-corrected chi connectivity index (χ0v) is 7.70. The van der Waals surface area contributed by atoms with Crippen LogP contribution < -0.4 is 0 Å². The standard InChI is InChI=1S/C9H8ClN3/c10-9-2-1-8(12-13-9)7-3-5-11-6-4-7/h1-3,6H,4-5H2. The molecule has 4 heteroatoms. The monoisotopic (exact) mass is 193 g/mol. The molecule has 1 aliphatic rings. The van der Waals surface area contributed by atoms with Crippen LogP contribution in [0.1, 0.15) is 12.1 Å². The van der Waals surface area contributed by atoms with Crippen LogP contribution >= 0.6 is 11.6 Å². The molecule has 1 aromatic rings. The van der Waals surface area contributed by atoms with Crippen LogP contribution in [-0.4, -0.2) is 23.0 Å². The first-order valence-corrected chi connectivity index (χ1v) is 4.41. The first-order valence-electron chi connectivity index (χ1n) is 4.03. The minimum atomic E-state index is 0.425. The van der Waals surface area contributed by atoms with Gasteiger partial charge in [-0.1, -0.05) is 17.7 Å². The molecule has 13 heavy (non-hydrogen) atoms. The lowest BCUT2D eigenvalue weighted by Crippen LogP contribution is -1.97. The molecule has 0 saturated carbocycles. The number of rotatable bonds is 1. The quantitative estimate of drug-likeness (QED) is 0.684. The van der Waals surface area contributed by atoms with E-state index in [-0.39, 0.29) is 0 Å². The Kier molecular flexibility index (Phi) is 2.36. The molecule has 0 fully saturated rings. The van der Waals surface area contributed by atoms with Crippen molar-refractivity contribution in [1.82, 2.24) is 10.2 Å². The Hall–Kier alpha value is -1.22. The Labute approximate surface area is 81.2 Å². The van der Waals surface area contributed by atoms with Gasteiger partial charge in [-0.2, -0.15) is 0 Å². The zero-order valence-electron chi connectivity index (χ0n) is 6.94. The van der Waals surface area contributed by atoms with Gasteiger partial charge in [-0.3, -0.25) is 4.99 Å². The summed E-state index contributed by atoms with van der Waals surface area (Å²) in [5.74, 6) is 0. The summed E-state index contributed by atoms with van der Waals surface area (Å²) in [6, 6.07) is 3.62. The van der Waals surface area contributed by atoms with E-state index in [1.807, 2.05) is 12.3 Å². The van der Waals surface area contributed by atoms with Gasteiger partial charge < -0.3 is 0 Å². The molecule has 0 atom stereocenters. The van der Waals surface area contributed by atoms with E-state index in [1.165, 1.54) is 5.57 Å². The number of hydrogen-bond donors (Lipinski definition) is 0. The second-order valence-electron chi connectivity index (χ2n) is 2.72. The molecule has 0 amide bonds. The molecule has 0 saturated heterocycles. The third-order valence-corrected chi connectivity index (χ3v) is 2.05. The highest BCUT2D eigenvalue weighted by molar-refractivity contribution is 6.29. The molecule has 0 bridgehead atoms. The molecule has 2 rings (SSSR count). The molecule has 0 aromatic carbocycles. The van der Waals surface area contributed by atoms with Crippen LogP contribution in [0.5, 0.6) is 0 Å². The predicted octanol–water partition coefficient (Wildman–Crippen LogP) is 1.99. The Morgan fingerprint density at radius 2 is 2.15 bits per heavy atom. The van der Waals surface area contributed by atoms with Crippen molar-refractivity contribution in [3.05, 3.63) is 29.1 Å². The van der Waals surface area contributed by atoms with Gasteiger partial charge in [0.2, 0.25) is 0 Å². The third-order valence-electron chi connectivity index (χ3n) is 1.84. The van der Waals surface area contributed by atoms with Gasteiger partial charge in [-0.05, 0) is 17.7 Å². The van der Waals surface area contributed by atoms with Crippen LogP contribution in [-0.2, 0) is 0 Å². The molecule has 0 N–H and O–H groups in total. The van der Waals surface area contributed by atoms with Crippen LogP contribution in [0.15, 0.2) is 23.2 Å². The molecule has 0 unspecified atom stereocenters. The predicted molar refractivity (Wildman–Crippen MR) is 53.0 cm³/mol. The SMILES string of the molecule is Clc1ccc(C2=CCN=CC2)nn1. The summed E-state index contributed by atoms with van der Waals surface area (Å²) in [5, 5.41) is 8.20. The first kappa shape index (κ1) is 8.38. The topological polar surface area (TPSA) is 38.1 Å². The number of aliphatic imine (C=N–C) groups is 1. The summed E-state index contributed by atoms with van der Waals surface area (Å²) in [6.45, 7) is 0.736. The maximum absolute atomic E-state index is 5.63. The van der Waals surface area contributed by atoms with Crippen molar-refractivity contribution in [2.45, 2.75) is 6.42 Å². The molecule has 0 aliphatic carbocycles. The maximum atomic E-state index is 5.63. The van der Waals surface area contributed by atoms with Gasteiger partial charge in [0, 0.05) is 12.6 Å². The third kappa shape index (κ3) is 1.92. The van der Waals surface area contributed by atoms with E-state index >= 15 is 0 Å². The molecule has 0 radical (unpaired) electrons. The smallest absolute Gasteiger partial charge is 0.151 e. The van der Waals surface area contributed by atoms with Crippen molar-refractivity contribution in [2.24, 2.45) is 4.99 Å². The van der Waals surface area contributed by atoms with E-state index in [0.717, 1.165) is 18.7 Å². The minimum Gasteiger partial charge on any atom is -0.293 e. The summed E-state index contributed by atoms with van der Waals surface area (Å²) in [4.78, 5) is 4.09. The van der Waals surface area contributed by atoms with Gasteiger partial charge in [0.1, 0.15) is 0 Å². The first-order chi connectivity index (χ1) is 6.36. The van der Waals surface area contributed by atoms with Crippen LogP contribution in [0.3, 0.4) is 0 Å². The highest BCUT2D eigenvalue weighted by Crippen LogP contribution is 2.17. The molecular formula is C9H8ClN3. The highest BCUT2D eigenvalue weighted by atomic mass is 35.5. The molecule has 0 spiro atoms. The van der Waals surface area contributed by atoms with Crippen LogP contribution in [0, 0.1) is 0 Å². The Balaban J connectivity index is 2.25. The lowest BCUT2D eigenvalue weighted by Gasteiger charge is -2.05. The van der Waals surface area contributed by atoms with E-state index in [2.05, 4.69) is 21.3 Å². The number of allylic oxidation sites excluding steroid dienone is 1. The summed E-state index contributed by atoms with van der Waals surface area (Å²) in [6.07, 6.45) is 4.78. The average molecular weight is 194 g/mol. The van der Waals surface area contributed by atoms with Gasteiger partial charge in [-0.15, -0.1) is 10.2 Å². The van der Waals surface area contributed by atoms with Gasteiger partial charge in [0.15, 0.2) is 5.15 Å². The van der Waals surface area contributed by atoms with Gasteiger partial charge in [-0.25, -0.2) is 0 Å². The maximum Gasteiger partial charge on any atom is 0.151 e. The number of aromatic nitrogens is 2. The molecule has 1 aliphatic heterocycles. The van der Waals surface area contributed by atoms with E-state index in [0.29, 0.717) is 5.15 Å². The zero-order chi connectivity index (χ0) is 9.10. The fourth-order valence-corrected chi connectivity index (χ4v) is 1.28. The normalized spacial score (nSPS) is 15.6. The summed E-state index contributed by atoms with van der Waals surface area (Å²) in [5.41, 5.74) is 2.05. The van der Waals surface area contributed by atoms with Crippen molar-refractivity contribution >= 4 is 23.4 Å². The molecule has 2 heterocycles. The Morgan fingerprint density at radius 3 is 2.77 bits per heavy atom. The molecule has 1 aromatic heterocycles. The largest absolute Gasteiger partial charge is 0.293 e. The molecule has 66 valence electrons. The van der Waals surface area contributed by atoms with Crippen molar-refractivity contribution in [3.8, 4) is 0 Å². The van der Waals surface area contributed by atoms with E-state index in [9.17, 15) is 0 Å². The molecular weight excluding hydrogens is 186 g/mol.